The zero-order chi connectivity index (χ0) is 31.1. The van der Waals surface area contributed by atoms with E-state index in [2.05, 4.69) is 66.0 Å². The van der Waals surface area contributed by atoms with Crippen LogP contribution in [0.25, 0.3) is 32.3 Å². The molecule has 0 radical (unpaired) electrons. The molecule has 6 aromatic carbocycles. The fraction of sp³-hybridized carbons (Fsp3) is 0.237. The Hall–Kier alpha value is -5.37. The van der Waals surface area contributed by atoms with Gasteiger partial charge in [-0.05, 0) is 74.0 Å². The Labute approximate surface area is 265 Å². The summed E-state index contributed by atoms with van der Waals surface area (Å²) in [5.74, 6) is 1.68. The maximum atomic E-state index is 13.7. The largest absolute Gasteiger partial charge is 0.493 e. The van der Waals surface area contributed by atoms with E-state index in [9.17, 15) is 4.79 Å². The molecule has 0 saturated carbocycles. The molecular weight excluding hydrogens is 582 g/mol. The van der Waals surface area contributed by atoms with Crippen LogP contribution in [0, 0.1) is 11.8 Å². The first-order valence-corrected chi connectivity index (χ1v) is 15.4. The summed E-state index contributed by atoms with van der Waals surface area (Å²) >= 11 is 0. The molecule has 2 heterocycles. The molecule has 8 heteroatoms. The summed E-state index contributed by atoms with van der Waals surface area (Å²) in [6.45, 7) is 0.441. The minimum atomic E-state index is -0.465. The first-order chi connectivity index (χ1) is 22.6. The number of anilines is 1. The van der Waals surface area contributed by atoms with E-state index in [1.165, 1.54) is 26.9 Å². The zero-order valence-electron chi connectivity index (χ0n) is 25.6. The molecule has 0 unspecified atom stereocenters. The molecule has 3 aliphatic rings. The maximum absolute atomic E-state index is 13.7. The third kappa shape index (κ3) is 3.76. The number of nitrogens with one attached hydrogen (secondary N) is 1. The number of esters is 1. The number of carbonyl (C=O) groups is 1. The summed E-state index contributed by atoms with van der Waals surface area (Å²) < 4.78 is 34.7. The standard InChI is InChI=1S/C38H31NO7/c1-41-30-13-22(14-31(42-2)37(30)43-3)34-24-15-28-29(46-18-45-28)16-25(24)36(26-17-44-38(40)35(26)34)39-27-12-10-21-8-7-19-5-4-6-20-9-11-23(27)33(21)32(19)20/h4-16,26,34-36,39H,17-18H2,1-3H3/t26-,34+,35-,36+/m0/s1. The number of methoxy groups -OCH3 is 3. The van der Waals surface area contributed by atoms with Crippen molar-refractivity contribution >= 4 is 44.0 Å². The van der Waals surface area contributed by atoms with Crippen LogP contribution in [-0.2, 0) is 9.53 Å². The molecule has 1 fully saturated rings. The summed E-state index contributed by atoms with van der Waals surface area (Å²) in [7, 11) is 4.77. The van der Waals surface area contributed by atoms with Crippen molar-refractivity contribution in [1.82, 2.24) is 0 Å². The van der Waals surface area contributed by atoms with Gasteiger partial charge in [0.2, 0.25) is 12.5 Å². The van der Waals surface area contributed by atoms with Gasteiger partial charge in [-0.3, -0.25) is 4.79 Å². The van der Waals surface area contributed by atoms with E-state index in [0.717, 1.165) is 27.8 Å². The molecule has 4 atom stereocenters. The minimum Gasteiger partial charge on any atom is -0.493 e. The van der Waals surface area contributed by atoms with Crippen LogP contribution >= 0.6 is 0 Å². The second-order valence-corrected chi connectivity index (χ2v) is 12.2. The van der Waals surface area contributed by atoms with Crippen molar-refractivity contribution < 1.29 is 33.2 Å². The molecule has 1 N–H and O–H groups in total. The number of rotatable bonds is 6. The van der Waals surface area contributed by atoms with Crippen LogP contribution in [0.2, 0.25) is 0 Å². The lowest BCUT2D eigenvalue weighted by Gasteiger charge is -2.40. The molecule has 46 heavy (non-hydrogen) atoms. The number of cyclic esters (lactones) is 1. The Morgan fingerprint density at radius 2 is 1.37 bits per heavy atom. The molecule has 6 aromatic rings. The molecular formula is C38H31NO7. The van der Waals surface area contributed by atoms with Crippen LogP contribution in [0.1, 0.15) is 28.7 Å². The smallest absolute Gasteiger partial charge is 0.310 e. The van der Waals surface area contributed by atoms with Gasteiger partial charge in [0.05, 0.1) is 39.9 Å². The second-order valence-electron chi connectivity index (χ2n) is 12.2. The van der Waals surface area contributed by atoms with Gasteiger partial charge in [0, 0.05) is 22.9 Å². The van der Waals surface area contributed by atoms with Gasteiger partial charge in [0.25, 0.3) is 0 Å². The molecule has 0 spiro atoms. The number of benzene rings is 6. The number of hydrogen-bond acceptors (Lipinski definition) is 8. The molecule has 8 nitrogen and oxygen atoms in total. The van der Waals surface area contributed by atoms with Crippen molar-refractivity contribution in [1.29, 1.82) is 0 Å². The Morgan fingerprint density at radius 1 is 0.717 bits per heavy atom. The first kappa shape index (κ1) is 27.0. The lowest BCUT2D eigenvalue weighted by atomic mass is 9.65. The van der Waals surface area contributed by atoms with Crippen molar-refractivity contribution in [2.24, 2.45) is 11.8 Å². The highest BCUT2D eigenvalue weighted by Crippen LogP contribution is 2.56. The Morgan fingerprint density at radius 3 is 2.07 bits per heavy atom. The van der Waals surface area contributed by atoms with Crippen molar-refractivity contribution in [2.45, 2.75) is 12.0 Å². The van der Waals surface area contributed by atoms with Crippen LogP contribution in [0.15, 0.2) is 78.9 Å². The van der Waals surface area contributed by atoms with Gasteiger partial charge in [-0.1, -0.05) is 48.5 Å². The molecule has 1 aliphatic carbocycles. The van der Waals surface area contributed by atoms with Gasteiger partial charge >= 0.3 is 5.97 Å². The Bertz CT molecular complexity index is 2150. The van der Waals surface area contributed by atoms with Gasteiger partial charge < -0.3 is 33.7 Å². The van der Waals surface area contributed by atoms with E-state index in [4.69, 9.17) is 28.4 Å². The monoisotopic (exact) mass is 613 g/mol. The molecule has 2 aliphatic heterocycles. The van der Waals surface area contributed by atoms with Crippen molar-refractivity contribution in [3.05, 3.63) is 95.6 Å². The predicted molar refractivity (Wildman–Crippen MR) is 175 cm³/mol. The van der Waals surface area contributed by atoms with E-state index >= 15 is 0 Å². The van der Waals surface area contributed by atoms with E-state index in [0.29, 0.717) is 35.4 Å². The normalized spacial score (nSPS) is 21.3. The third-order valence-electron chi connectivity index (χ3n) is 10.1. The lowest BCUT2D eigenvalue weighted by Crippen LogP contribution is -2.37. The highest BCUT2D eigenvalue weighted by Gasteiger charge is 2.53. The fourth-order valence-electron chi connectivity index (χ4n) is 8.06. The van der Waals surface area contributed by atoms with Gasteiger partial charge in [-0.15, -0.1) is 0 Å². The Kier molecular flexibility index (Phi) is 5.91. The first-order valence-electron chi connectivity index (χ1n) is 15.4. The van der Waals surface area contributed by atoms with Crippen LogP contribution in [-0.4, -0.2) is 40.7 Å². The molecule has 0 aromatic heterocycles. The van der Waals surface area contributed by atoms with Crippen LogP contribution in [0.3, 0.4) is 0 Å². The van der Waals surface area contributed by atoms with Crippen LogP contribution < -0.4 is 29.0 Å². The highest BCUT2D eigenvalue weighted by molar-refractivity contribution is 6.25. The minimum absolute atomic E-state index is 0.148. The van der Waals surface area contributed by atoms with Crippen LogP contribution in [0.4, 0.5) is 5.69 Å². The maximum Gasteiger partial charge on any atom is 0.310 e. The molecule has 0 amide bonds. The average molecular weight is 614 g/mol. The van der Waals surface area contributed by atoms with E-state index in [1.807, 2.05) is 18.2 Å². The molecule has 1 saturated heterocycles. The summed E-state index contributed by atoms with van der Waals surface area (Å²) in [5.41, 5.74) is 3.87. The predicted octanol–water partition coefficient (Wildman–Crippen LogP) is 7.43. The third-order valence-corrected chi connectivity index (χ3v) is 10.1. The number of fused-ring (bicyclic) bond motifs is 3. The van der Waals surface area contributed by atoms with Gasteiger partial charge in [0.15, 0.2) is 23.0 Å². The van der Waals surface area contributed by atoms with E-state index < -0.39 is 5.92 Å². The number of ether oxygens (including phenoxy) is 6. The average Bonchev–Trinajstić information content (AvgIpc) is 3.72. The van der Waals surface area contributed by atoms with E-state index in [-0.39, 0.29) is 30.6 Å². The fourth-order valence-corrected chi connectivity index (χ4v) is 8.06. The van der Waals surface area contributed by atoms with Crippen LogP contribution in [0.5, 0.6) is 28.7 Å². The zero-order valence-corrected chi connectivity index (χ0v) is 25.6. The van der Waals surface area contributed by atoms with Gasteiger partial charge in [-0.25, -0.2) is 0 Å². The SMILES string of the molecule is COc1cc([C@@H]2c3cc4c(cc3[C@@H](Nc3ccc5ccc6cccc7ccc3c5c67)[C@H]3COC(=O)[C@H]23)OCO4)cc(OC)c1OC. The lowest BCUT2D eigenvalue weighted by molar-refractivity contribution is -0.141. The van der Waals surface area contributed by atoms with E-state index in [1.54, 1.807) is 21.3 Å². The summed E-state index contributed by atoms with van der Waals surface area (Å²) in [6.07, 6.45) is 0. The quantitative estimate of drug-likeness (QED) is 0.153. The number of carbonyl (C=O) groups excluding carboxylic acids is 1. The summed E-state index contributed by atoms with van der Waals surface area (Å²) in [6, 6.07) is 27.2. The second kappa shape index (κ2) is 10.1. The Balaban J connectivity index is 1.24. The summed E-state index contributed by atoms with van der Waals surface area (Å²) in [5, 5.41) is 11.2. The van der Waals surface area contributed by atoms with Gasteiger partial charge in [-0.2, -0.15) is 0 Å². The number of hydrogen-bond donors (Lipinski definition) is 1. The highest BCUT2D eigenvalue weighted by atomic mass is 16.7. The van der Waals surface area contributed by atoms with Crippen molar-refractivity contribution in [3.63, 3.8) is 0 Å². The molecule has 9 rings (SSSR count). The topological polar surface area (TPSA) is 84.5 Å². The summed E-state index contributed by atoms with van der Waals surface area (Å²) in [4.78, 5) is 13.7. The molecule has 230 valence electrons. The van der Waals surface area contributed by atoms with Crippen molar-refractivity contribution in [3.8, 4) is 28.7 Å². The van der Waals surface area contributed by atoms with Crippen molar-refractivity contribution in [2.75, 3.05) is 40.0 Å². The van der Waals surface area contributed by atoms with Gasteiger partial charge in [0.1, 0.15) is 0 Å². The molecule has 0 bridgehead atoms.